The Bertz CT molecular complexity index is 441. The van der Waals surface area contributed by atoms with Crippen LogP contribution in [0.1, 0.15) is 36.1 Å². The first kappa shape index (κ1) is 14.8. The first-order valence-electron chi connectivity index (χ1n) is 5.98. The average Bonchev–Trinajstić information content (AvgIpc) is 2.49. The van der Waals surface area contributed by atoms with E-state index in [0.717, 1.165) is 0 Å². The van der Waals surface area contributed by atoms with Crippen molar-refractivity contribution in [1.82, 2.24) is 5.32 Å². The Morgan fingerprint density at radius 2 is 2.11 bits per heavy atom. The molecule has 4 heteroatoms. The fourth-order valence-electron chi connectivity index (χ4n) is 1.46. The van der Waals surface area contributed by atoms with Crippen LogP contribution in [-0.2, 0) is 4.74 Å². The highest BCUT2D eigenvalue weighted by molar-refractivity contribution is 7.12. The molecule has 0 aliphatic rings. The predicted octanol–water partition coefficient (Wildman–Crippen LogP) is 3.90. The van der Waals surface area contributed by atoms with E-state index in [1.807, 2.05) is 32.9 Å². The maximum Gasteiger partial charge on any atom is 0.407 e. The van der Waals surface area contributed by atoms with Gasteiger partial charge in [0.15, 0.2) is 0 Å². The molecule has 0 bridgehead atoms. The Labute approximate surface area is 113 Å². The third-order valence-electron chi connectivity index (χ3n) is 2.14. The molecule has 0 fully saturated rings. The fourth-order valence-corrected chi connectivity index (χ4v) is 2.37. The molecule has 1 amide bonds. The van der Waals surface area contributed by atoms with E-state index in [1.165, 1.54) is 15.3 Å². The van der Waals surface area contributed by atoms with Gasteiger partial charge in [-0.05, 0) is 46.2 Å². The molecule has 1 N–H and O–H groups in total. The van der Waals surface area contributed by atoms with E-state index < -0.39 is 5.60 Å². The molecule has 100 valence electrons. The van der Waals surface area contributed by atoms with Crippen LogP contribution < -0.4 is 5.32 Å². The van der Waals surface area contributed by atoms with E-state index in [-0.39, 0.29) is 6.09 Å². The van der Waals surface area contributed by atoms with E-state index in [2.05, 4.69) is 25.2 Å². The molecule has 0 saturated carbocycles. The van der Waals surface area contributed by atoms with Crippen LogP contribution in [0.5, 0.6) is 0 Å². The highest BCUT2D eigenvalue weighted by atomic mass is 32.1. The summed E-state index contributed by atoms with van der Waals surface area (Å²) in [6.07, 6.45) is 3.57. The van der Waals surface area contributed by atoms with Gasteiger partial charge in [0.2, 0.25) is 0 Å². The maximum atomic E-state index is 11.4. The lowest BCUT2D eigenvalue weighted by atomic mass is 10.2. The van der Waals surface area contributed by atoms with E-state index in [0.29, 0.717) is 6.54 Å². The van der Waals surface area contributed by atoms with Crippen LogP contribution in [0, 0.1) is 13.8 Å². The number of thiophene rings is 1. The summed E-state index contributed by atoms with van der Waals surface area (Å²) in [7, 11) is 0. The van der Waals surface area contributed by atoms with Gasteiger partial charge in [-0.15, -0.1) is 11.3 Å². The summed E-state index contributed by atoms with van der Waals surface area (Å²) in [6.45, 7) is 10.2. The van der Waals surface area contributed by atoms with E-state index in [4.69, 9.17) is 4.74 Å². The molecule has 18 heavy (non-hydrogen) atoms. The molecule has 0 aromatic carbocycles. The molecular formula is C14H21NO2S. The predicted molar refractivity (Wildman–Crippen MR) is 77.1 cm³/mol. The van der Waals surface area contributed by atoms with Crippen LogP contribution in [0.3, 0.4) is 0 Å². The first-order valence-corrected chi connectivity index (χ1v) is 6.80. The van der Waals surface area contributed by atoms with Crippen LogP contribution in [0.4, 0.5) is 4.79 Å². The van der Waals surface area contributed by atoms with Crippen LogP contribution in [0.25, 0.3) is 6.08 Å². The maximum absolute atomic E-state index is 11.4. The van der Waals surface area contributed by atoms with E-state index in [1.54, 1.807) is 11.3 Å². The van der Waals surface area contributed by atoms with Gasteiger partial charge in [-0.25, -0.2) is 4.79 Å². The van der Waals surface area contributed by atoms with Crippen molar-refractivity contribution in [1.29, 1.82) is 0 Å². The fraction of sp³-hybridized carbons (Fsp3) is 0.500. The van der Waals surface area contributed by atoms with Crippen molar-refractivity contribution in [2.45, 2.75) is 40.2 Å². The summed E-state index contributed by atoms with van der Waals surface area (Å²) < 4.78 is 5.14. The van der Waals surface area contributed by atoms with Crippen LogP contribution in [0.15, 0.2) is 12.1 Å². The SMILES string of the molecule is Cc1cc(C=CCNC(=O)OC(C)(C)C)c(C)s1. The van der Waals surface area contributed by atoms with Gasteiger partial charge in [-0.1, -0.05) is 12.2 Å². The molecule has 0 unspecified atom stereocenters. The molecule has 0 atom stereocenters. The number of hydrogen-bond donors (Lipinski definition) is 1. The van der Waals surface area contributed by atoms with Crippen molar-refractivity contribution >= 4 is 23.5 Å². The second kappa shape index (κ2) is 6.05. The van der Waals surface area contributed by atoms with E-state index >= 15 is 0 Å². The van der Waals surface area contributed by atoms with Crippen LogP contribution in [-0.4, -0.2) is 18.2 Å². The number of amides is 1. The second-order valence-electron chi connectivity index (χ2n) is 5.15. The number of aryl methyl sites for hydroxylation is 2. The second-order valence-corrected chi connectivity index (χ2v) is 6.61. The summed E-state index contributed by atoms with van der Waals surface area (Å²) in [4.78, 5) is 14.0. The standard InChI is InChI=1S/C14H21NO2S/c1-10-9-12(11(2)18-10)7-6-8-15-13(16)17-14(3,4)5/h6-7,9H,8H2,1-5H3,(H,15,16). The third kappa shape index (κ3) is 5.36. The average molecular weight is 267 g/mol. The number of rotatable bonds is 3. The summed E-state index contributed by atoms with van der Waals surface area (Å²) in [6, 6.07) is 2.14. The highest BCUT2D eigenvalue weighted by Crippen LogP contribution is 2.21. The molecule has 1 heterocycles. The minimum absolute atomic E-state index is 0.384. The lowest BCUT2D eigenvalue weighted by Crippen LogP contribution is -2.32. The zero-order valence-corrected chi connectivity index (χ0v) is 12.5. The molecular weight excluding hydrogens is 246 g/mol. The monoisotopic (exact) mass is 267 g/mol. The molecule has 0 spiro atoms. The first-order chi connectivity index (χ1) is 8.28. The highest BCUT2D eigenvalue weighted by Gasteiger charge is 2.14. The van der Waals surface area contributed by atoms with Crippen molar-refractivity contribution in [3.8, 4) is 0 Å². The summed E-state index contributed by atoms with van der Waals surface area (Å²) >= 11 is 1.78. The smallest absolute Gasteiger partial charge is 0.407 e. The molecule has 0 aliphatic carbocycles. The Balaban J connectivity index is 2.38. The van der Waals surface area contributed by atoms with Gasteiger partial charge in [0.25, 0.3) is 0 Å². The Morgan fingerprint density at radius 1 is 1.44 bits per heavy atom. The largest absolute Gasteiger partial charge is 0.444 e. The quantitative estimate of drug-likeness (QED) is 0.902. The van der Waals surface area contributed by atoms with Gasteiger partial charge >= 0.3 is 6.09 Å². The van der Waals surface area contributed by atoms with Crippen LogP contribution >= 0.6 is 11.3 Å². The molecule has 3 nitrogen and oxygen atoms in total. The number of ether oxygens (including phenoxy) is 1. The zero-order chi connectivity index (χ0) is 13.8. The van der Waals surface area contributed by atoms with Gasteiger partial charge in [0, 0.05) is 16.3 Å². The minimum atomic E-state index is -0.450. The normalized spacial score (nSPS) is 11.8. The van der Waals surface area contributed by atoms with Crippen molar-refractivity contribution in [3.05, 3.63) is 27.5 Å². The molecule has 0 aliphatic heterocycles. The van der Waals surface area contributed by atoms with Crippen molar-refractivity contribution < 1.29 is 9.53 Å². The third-order valence-corrected chi connectivity index (χ3v) is 3.12. The zero-order valence-electron chi connectivity index (χ0n) is 11.7. The van der Waals surface area contributed by atoms with E-state index in [9.17, 15) is 4.79 Å². The number of carbonyl (C=O) groups excluding carboxylic acids is 1. The molecule has 1 aromatic heterocycles. The number of carbonyl (C=O) groups is 1. The molecule has 1 rings (SSSR count). The van der Waals surface area contributed by atoms with Crippen molar-refractivity contribution in [2.75, 3.05) is 6.54 Å². The van der Waals surface area contributed by atoms with Crippen LogP contribution in [0.2, 0.25) is 0 Å². The number of nitrogens with one attached hydrogen (secondary N) is 1. The molecule has 0 radical (unpaired) electrons. The lowest BCUT2D eigenvalue weighted by molar-refractivity contribution is 0.0534. The molecule has 1 aromatic rings. The number of hydrogen-bond acceptors (Lipinski definition) is 3. The van der Waals surface area contributed by atoms with Gasteiger partial charge in [0.1, 0.15) is 5.60 Å². The van der Waals surface area contributed by atoms with Gasteiger partial charge in [-0.3, -0.25) is 0 Å². The van der Waals surface area contributed by atoms with Gasteiger partial charge in [-0.2, -0.15) is 0 Å². The summed E-state index contributed by atoms with van der Waals surface area (Å²) in [5.41, 5.74) is 0.762. The van der Waals surface area contributed by atoms with Gasteiger partial charge in [0.05, 0.1) is 0 Å². The number of alkyl carbamates (subject to hydrolysis) is 1. The Hall–Kier alpha value is -1.29. The van der Waals surface area contributed by atoms with Crippen molar-refractivity contribution in [3.63, 3.8) is 0 Å². The summed E-state index contributed by atoms with van der Waals surface area (Å²) in [5, 5.41) is 2.69. The Kier molecular flexibility index (Phi) is 4.96. The molecule has 0 saturated heterocycles. The topological polar surface area (TPSA) is 38.3 Å². The Morgan fingerprint density at radius 3 is 2.61 bits per heavy atom. The lowest BCUT2D eigenvalue weighted by Gasteiger charge is -2.19. The summed E-state index contributed by atoms with van der Waals surface area (Å²) in [5.74, 6) is 0. The van der Waals surface area contributed by atoms with Crippen molar-refractivity contribution in [2.24, 2.45) is 0 Å². The van der Waals surface area contributed by atoms with Gasteiger partial charge < -0.3 is 10.1 Å². The minimum Gasteiger partial charge on any atom is -0.444 e.